The summed E-state index contributed by atoms with van der Waals surface area (Å²) in [7, 11) is 6.13. The van der Waals surface area contributed by atoms with Crippen LogP contribution in [0.25, 0.3) is 11.0 Å². The molecule has 0 radical (unpaired) electrons. The van der Waals surface area contributed by atoms with E-state index < -0.39 is 6.04 Å². The normalized spacial score (nSPS) is 11.8. The first-order valence-electron chi connectivity index (χ1n) is 11.1. The Kier molecular flexibility index (Phi) is 9.39. The first-order valence-corrected chi connectivity index (χ1v) is 11.1. The Balaban J connectivity index is 1.99. The van der Waals surface area contributed by atoms with E-state index in [1.807, 2.05) is 24.3 Å². The number of carbonyl (C=O) groups is 2. The zero-order valence-corrected chi connectivity index (χ0v) is 20.4. The molecular formula is C24H31N5O6. The van der Waals surface area contributed by atoms with Crippen LogP contribution in [-0.2, 0) is 25.6 Å². The predicted octanol–water partition coefficient (Wildman–Crippen LogP) is 1.43. The topological polar surface area (TPSA) is 117 Å². The smallest absolute Gasteiger partial charge is 0.247 e. The van der Waals surface area contributed by atoms with Crippen LogP contribution in [0.15, 0.2) is 42.5 Å². The van der Waals surface area contributed by atoms with Crippen LogP contribution < -0.4 is 14.8 Å². The molecule has 11 heteroatoms. The molecule has 0 fully saturated rings. The molecule has 1 heterocycles. The number of benzene rings is 2. The highest BCUT2D eigenvalue weighted by atomic mass is 16.5. The molecule has 1 aromatic heterocycles. The highest BCUT2D eigenvalue weighted by molar-refractivity contribution is 5.89. The van der Waals surface area contributed by atoms with Crippen LogP contribution in [0, 0.1) is 0 Å². The van der Waals surface area contributed by atoms with E-state index in [1.54, 1.807) is 25.3 Å². The highest BCUT2D eigenvalue weighted by Gasteiger charge is 2.32. The molecule has 3 rings (SSSR count). The lowest BCUT2D eigenvalue weighted by molar-refractivity contribution is -0.142. The number of para-hydroxylation sites is 1. The molecule has 35 heavy (non-hydrogen) atoms. The average molecular weight is 486 g/mol. The molecule has 1 N–H and O–H groups in total. The standard InChI is InChI=1S/C24H31N5O6/c1-32-13-11-25-24(31)23(17-9-10-20(34-3)21(15-17)35-4)28(12-14-33-2)22(30)16-29-19-8-6-5-7-18(19)26-27-29/h5-10,15,23H,11-14,16H2,1-4H3,(H,25,31)/t23-/m1/s1. The van der Waals surface area contributed by atoms with Crippen LogP contribution in [0.2, 0.25) is 0 Å². The summed E-state index contributed by atoms with van der Waals surface area (Å²) in [5.74, 6) is 0.279. The summed E-state index contributed by atoms with van der Waals surface area (Å²) in [5.41, 5.74) is 1.96. The van der Waals surface area contributed by atoms with E-state index >= 15 is 0 Å². The fraction of sp³-hybridized carbons (Fsp3) is 0.417. The van der Waals surface area contributed by atoms with Crippen LogP contribution in [0.5, 0.6) is 11.5 Å². The van der Waals surface area contributed by atoms with Gasteiger partial charge in [0, 0.05) is 27.3 Å². The van der Waals surface area contributed by atoms with Gasteiger partial charge in [0.05, 0.1) is 33.0 Å². The van der Waals surface area contributed by atoms with Gasteiger partial charge in [0.1, 0.15) is 18.1 Å². The molecule has 0 spiro atoms. The van der Waals surface area contributed by atoms with Crippen molar-refractivity contribution in [3.8, 4) is 11.5 Å². The summed E-state index contributed by atoms with van der Waals surface area (Å²) in [6.45, 7) is 0.942. The third-order valence-corrected chi connectivity index (χ3v) is 5.45. The third kappa shape index (κ3) is 6.25. The van der Waals surface area contributed by atoms with Crippen LogP contribution >= 0.6 is 0 Å². The quantitative estimate of drug-likeness (QED) is 0.362. The van der Waals surface area contributed by atoms with Crippen LogP contribution in [0.4, 0.5) is 0 Å². The van der Waals surface area contributed by atoms with Crippen molar-refractivity contribution in [1.82, 2.24) is 25.2 Å². The number of rotatable bonds is 13. The molecule has 11 nitrogen and oxygen atoms in total. The van der Waals surface area contributed by atoms with E-state index in [-0.39, 0.29) is 31.5 Å². The maximum atomic E-state index is 13.6. The molecule has 0 aliphatic rings. The van der Waals surface area contributed by atoms with Gasteiger partial charge in [0.25, 0.3) is 0 Å². The second-order valence-electron chi connectivity index (χ2n) is 7.62. The zero-order chi connectivity index (χ0) is 25.2. The van der Waals surface area contributed by atoms with Gasteiger partial charge in [-0.3, -0.25) is 9.59 Å². The van der Waals surface area contributed by atoms with Crippen molar-refractivity contribution in [3.05, 3.63) is 48.0 Å². The fourth-order valence-electron chi connectivity index (χ4n) is 3.71. The van der Waals surface area contributed by atoms with E-state index in [9.17, 15) is 9.59 Å². The van der Waals surface area contributed by atoms with Crippen LogP contribution in [-0.4, -0.2) is 86.5 Å². The molecule has 0 bridgehead atoms. The second kappa shape index (κ2) is 12.7. The molecule has 1 atom stereocenters. The minimum atomic E-state index is -0.955. The fourth-order valence-corrected chi connectivity index (χ4v) is 3.71. The number of nitrogens with zero attached hydrogens (tertiary/aromatic N) is 4. The Bertz CT molecular complexity index is 1130. The van der Waals surface area contributed by atoms with Gasteiger partial charge in [-0.2, -0.15) is 0 Å². The van der Waals surface area contributed by atoms with Crippen molar-refractivity contribution in [3.63, 3.8) is 0 Å². The lowest BCUT2D eigenvalue weighted by atomic mass is 10.0. The summed E-state index contributed by atoms with van der Waals surface area (Å²) in [5, 5.41) is 11.1. The molecule has 0 aliphatic heterocycles. The number of ether oxygens (including phenoxy) is 4. The van der Waals surface area contributed by atoms with Crippen molar-refractivity contribution in [2.24, 2.45) is 0 Å². The van der Waals surface area contributed by atoms with Crippen molar-refractivity contribution >= 4 is 22.8 Å². The molecule has 2 aromatic carbocycles. The Morgan fingerprint density at radius 1 is 1.00 bits per heavy atom. The van der Waals surface area contributed by atoms with Gasteiger partial charge in [-0.25, -0.2) is 4.68 Å². The van der Waals surface area contributed by atoms with E-state index in [0.29, 0.717) is 35.7 Å². The van der Waals surface area contributed by atoms with Crippen LogP contribution in [0.3, 0.4) is 0 Å². The van der Waals surface area contributed by atoms with Gasteiger partial charge in [-0.1, -0.05) is 23.4 Å². The van der Waals surface area contributed by atoms with Crippen molar-refractivity contribution < 1.29 is 28.5 Å². The number of hydrogen-bond acceptors (Lipinski definition) is 8. The van der Waals surface area contributed by atoms with Crippen molar-refractivity contribution in [2.45, 2.75) is 12.6 Å². The van der Waals surface area contributed by atoms with E-state index in [1.165, 1.54) is 30.9 Å². The maximum Gasteiger partial charge on any atom is 0.247 e. The van der Waals surface area contributed by atoms with Crippen LogP contribution in [0.1, 0.15) is 11.6 Å². The lowest BCUT2D eigenvalue weighted by Crippen LogP contribution is -2.46. The number of amides is 2. The zero-order valence-electron chi connectivity index (χ0n) is 20.4. The Hall–Kier alpha value is -3.70. The summed E-state index contributed by atoms with van der Waals surface area (Å²) >= 11 is 0. The first-order chi connectivity index (χ1) is 17.0. The van der Waals surface area contributed by atoms with Gasteiger partial charge >= 0.3 is 0 Å². The van der Waals surface area contributed by atoms with Gasteiger partial charge in [0.15, 0.2) is 11.5 Å². The maximum absolute atomic E-state index is 13.6. The summed E-state index contributed by atoms with van der Waals surface area (Å²) < 4.78 is 22.6. The Labute approximate surface area is 203 Å². The monoisotopic (exact) mass is 485 g/mol. The third-order valence-electron chi connectivity index (χ3n) is 5.45. The van der Waals surface area contributed by atoms with Gasteiger partial charge in [0.2, 0.25) is 11.8 Å². The number of methoxy groups -OCH3 is 4. The van der Waals surface area contributed by atoms with Crippen molar-refractivity contribution in [1.29, 1.82) is 0 Å². The second-order valence-corrected chi connectivity index (χ2v) is 7.62. The lowest BCUT2D eigenvalue weighted by Gasteiger charge is -2.31. The first kappa shape index (κ1) is 25.9. The largest absolute Gasteiger partial charge is 0.493 e. The highest BCUT2D eigenvalue weighted by Crippen LogP contribution is 2.32. The molecule has 0 aliphatic carbocycles. The molecule has 3 aromatic rings. The molecule has 0 unspecified atom stereocenters. The predicted molar refractivity (Wildman–Crippen MR) is 128 cm³/mol. The molecule has 0 saturated carbocycles. The number of carbonyl (C=O) groups excluding carboxylic acids is 2. The molecule has 188 valence electrons. The number of fused-ring (bicyclic) bond motifs is 1. The minimum absolute atomic E-state index is 0.0978. The Morgan fingerprint density at radius 3 is 2.46 bits per heavy atom. The average Bonchev–Trinajstić information content (AvgIpc) is 3.28. The molecule has 2 amide bonds. The van der Waals surface area contributed by atoms with Gasteiger partial charge in [-0.15, -0.1) is 5.10 Å². The summed E-state index contributed by atoms with van der Waals surface area (Å²) in [4.78, 5) is 28.5. The number of nitrogens with one attached hydrogen (secondary N) is 1. The summed E-state index contributed by atoms with van der Waals surface area (Å²) in [6, 6.07) is 11.5. The van der Waals surface area contributed by atoms with E-state index in [2.05, 4.69) is 15.6 Å². The van der Waals surface area contributed by atoms with E-state index in [0.717, 1.165) is 5.52 Å². The summed E-state index contributed by atoms with van der Waals surface area (Å²) in [6.07, 6.45) is 0. The van der Waals surface area contributed by atoms with Gasteiger partial charge < -0.3 is 29.2 Å². The number of hydrogen-bond donors (Lipinski definition) is 1. The number of aromatic nitrogens is 3. The minimum Gasteiger partial charge on any atom is -0.493 e. The SMILES string of the molecule is COCCNC(=O)[C@@H](c1ccc(OC)c(OC)c1)N(CCOC)C(=O)Cn1nnc2ccccc21. The molecular weight excluding hydrogens is 454 g/mol. The van der Waals surface area contributed by atoms with E-state index in [4.69, 9.17) is 18.9 Å². The molecule has 0 saturated heterocycles. The van der Waals surface area contributed by atoms with Crippen molar-refractivity contribution in [2.75, 3.05) is 54.7 Å². The Morgan fingerprint density at radius 2 is 1.74 bits per heavy atom. The van der Waals surface area contributed by atoms with Gasteiger partial charge in [-0.05, 0) is 29.8 Å².